The second-order valence-corrected chi connectivity index (χ2v) is 4.35. The van der Waals surface area contributed by atoms with Crippen molar-refractivity contribution in [2.24, 2.45) is 0 Å². The summed E-state index contributed by atoms with van der Waals surface area (Å²) in [6, 6.07) is 0.519. The van der Waals surface area contributed by atoms with Gasteiger partial charge in [-0.15, -0.1) is 0 Å². The Labute approximate surface area is 91.9 Å². The summed E-state index contributed by atoms with van der Waals surface area (Å²) in [4.78, 5) is 10.5. The largest absolute Gasteiger partial charge is 0.353 e. The van der Waals surface area contributed by atoms with Gasteiger partial charge < -0.3 is 10.2 Å². The van der Waals surface area contributed by atoms with Crippen molar-refractivity contribution in [2.75, 3.05) is 24.5 Å². The molecule has 1 aliphatic rings. The Morgan fingerprint density at radius 3 is 3.21 bits per heavy atom. The molecular formula is C9H13BrN4. The van der Waals surface area contributed by atoms with Crippen molar-refractivity contribution in [3.05, 3.63) is 17.0 Å². The first kappa shape index (κ1) is 9.86. The smallest absolute Gasteiger partial charge is 0.146 e. The minimum absolute atomic E-state index is 0.519. The monoisotopic (exact) mass is 256 g/mol. The Hall–Kier alpha value is -0.680. The first-order valence-electron chi connectivity index (χ1n) is 4.71. The van der Waals surface area contributed by atoms with Crippen LogP contribution in [0.3, 0.4) is 0 Å². The first-order chi connectivity index (χ1) is 6.77. The second kappa shape index (κ2) is 4.23. The zero-order valence-corrected chi connectivity index (χ0v) is 9.66. The van der Waals surface area contributed by atoms with E-state index >= 15 is 0 Å². The number of aromatic nitrogens is 2. The Balaban J connectivity index is 2.18. The van der Waals surface area contributed by atoms with Gasteiger partial charge in [-0.05, 0) is 22.9 Å². The molecule has 0 radical (unpaired) electrons. The number of rotatable bonds is 1. The Kier molecular flexibility index (Phi) is 2.98. The third-order valence-electron chi connectivity index (χ3n) is 2.32. The molecule has 0 aromatic carbocycles. The van der Waals surface area contributed by atoms with E-state index in [4.69, 9.17) is 0 Å². The van der Waals surface area contributed by atoms with Gasteiger partial charge in [-0.1, -0.05) is 0 Å². The van der Waals surface area contributed by atoms with E-state index in [1.165, 1.54) is 0 Å². The van der Waals surface area contributed by atoms with E-state index in [1.807, 2.05) is 0 Å². The molecule has 0 aliphatic carbocycles. The number of anilines is 1. The fraction of sp³-hybridized carbons (Fsp3) is 0.556. The summed E-state index contributed by atoms with van der Waals surface area (Å²) in [7, 11) is 0. The number of hydrogen-bond donors (Lipinski definition) is 1. The van der Waals surface area contributed by atoms with Crippen molar-refractivity contribution in [1.29, 1.82) is 0 Å². The molecule has 2 heterocycles. The van der Waals surface area contributed by atoms with E-state index in [9.17, 15) is 0 Å². The van der Waals surface area contributed by atoms with Crippen LogP contribution in [-0.4, -0.2) is 35.6 Å². The number of hydrogen-bond acceptors (Lipinski definition) is 4. The lowest BCUT2D eigenvalue weighted by Gasteiger charge is -2.33. The maximum atomic E-state index is 4.28. The molecule has 14 heavy (non-hydrogen) atoms. The van der Waals surface area contributed by atoms with E-state index in [0.717, 1.165) is 29.9 Å². The highest BCUT2D eigenvalue weighted by Gasteiger charge is 2.18. The van der Waals surface area contributed by atoms with Crippen LogP contribution in [0.25, 0.3) is 0 Å². The van der Waals surface area contributed by atoms with Crippen molar-refractivity contribution in [3.63, 3.8) is 0 Å². The van der Waals surface area contributed by atoms with E-state index in [-0.39, 0.29) is 0 Å². The van der Waals surface area contributed by atoms with Crippen LogP contribution >= 0.6 is 15.9 Å². The molecule has 1 saturated heterocycles. The first-order valence-corrected chi connectivity index (χ1v) is 5.50. The Morgan fingerprint density at radius 2 is 2.50 bits per heavy atom. The summed E-state index contributed by atoms with van der Waals surface area (Å²) in [5.41, 5.74) is 0. The molecule has 5 heteroatoms. The van der Waals surface area contributed by atoms with Crippen LogP contribution in [-0.2, 0) is 0 Å². The SMILES string of the molecule is C[C@H]1CN(c2ncncc2Br)CCN1. The van der Waals surface area contributed by atoms with Crippen molar-refractivity contribution in [1.82, 2.24) is 15.3 Å². The minimum atomic E-state index is 0.519. The molecule has 0 saturated carbocycles. The normalized spacial score (nSPS) is 22.4. The minimum Gasteiger partial charge on any atom is -0.353 e. The van der Waals surface area contributed by atoms with E-state index < -0.39 is 0 Å². The van der Waals surface area contributed by atoms with Gasteiger partial charge in [-0.2, -0.15) is 0 Å². The molecule has 0 bridgehead atoms. The molecule has 0 amide bonds. The third-order valence-corrected chi connectivity index (χ3v) is 2.88. The number of nitrogens with one attached hydrogen (secondary N) is 1. The Morgan fingerprint density at radius 1 is 1.64 bits per heavy atom. The predicted octanol–water partition coefficient (Wildman–Crippen LogP) is 1.04. The quantitative estimate of drug-likeness (QED) is 0.816. The summed E-state index contributed by atoms with van der Waals surface area (Å²) < 4.78 is 0.967. The van der Waals surface area contributed by atoms with E-state index in [1.54, 1.807) is 12.5 Å². The average Bonchev–Trinajstić information content (AvgIpc) is 2.18. The lowest BCUT2D eigenvalue weighted by molar-refractivity contribution is 0.481. The summed E-state index contributed by atoms with van der Waals surface area (Å²) >= 11 is 3.46. The molecule has 0 unspecified atom stereocenters. The molecule has 1 atom stereocenters. The average molecular weight is 257 g/mol. The van der Waals surface area contributed by atoms with Gasteiger partial charge in [0, 0.05) is 31.9 Å². The molecule has 1 aromatic rings. The second-order valence-electron chi connectivity index (χ2n) is 3.50. The van der Waals surface area contributed by atoms with Gasteiger partial charge in [-0.3, -0.25) is 0 Å². The topological polar surface area (TPSA) is 41.1 Å². The van der Waals surface area contributed by atoms with Gasteiger partial charge in [0.25, 0.3) is 0 Å². The number of piperazine rings is 1. The summed E-state index contributed by atoms with van der Waals surface area (Å²) in [6.45, 7) is 5.19. The van der Waals surface area contributed by atoms with Crippen LogP contribution in [0.1, 0.15) is 6.92 Å². The van der Waals surface area contributed by atoms with Crippen LogP contribution in [0.15, 0.2) is 17.0 Å². The van der Waals surface area contributed by atoms with Crippen LogP contribution in [0.4, 0.5) is 5.82 Å². The van der Waals surface area contributed by atoms with Crippen LogP contribution in [0.2, 0.25) is 0 Å². The molecule has 1 aliphatic heterocycles. The van der Waals surface area contributed by atoms with Gasteiger partial charge in [0.2, 0.25) is 0 Å². The van der Waals surface area contributed by atoms with Crippen molar-refractivity contribution in [2.45, 2.75) is 13.0 Å². The summed E-state index contributed by atoms with van der Waals surface area (Å²) in [6.07, 6.45) is 3.38. The summed E-state index contributed by atoms with van der Waals surface area (Å²) in [5.74, 6) is 0.994. The standard InChI is InChI=1S/C9H13BrN4/c1-7-5-14(3-2-12-7)9-8(10)4-11-6-13-9/h4,6-7,12H,2-3,5H2,1H3/t7-/m0/s1. The fourth-order valence-electron chi connectivity index (χ4n) is 1.66. The molecular weight excluding hydrogens is 244 g/mol. The van der Waals surface area contributed by atoms with Crippen LogP contribution < -0.4 is 10.2 Å². The van der Waals surface area contributed by atoms with Crippen LogP contribution in [0, 0.1) is 0 Å². The van der Waals surface area contributed by atoms with Gasteiger partial charge in [0.15, 0.2) is 0 Å². The van der Waals surface area contributed by atoms with E-state index in [2.05, 4.69) is 43.0 Å². The maximum Gasteiger partial charge on any atom is 0.146 e. The van der Waals surface area contributed by atoms with Crippen molar-refractivity contribution >= 4 is 21.7 Å². The molecule has 4 nitrogen and oxygen atoms in total. The Bertz CT molecular complexity index is 317. The van der Waals surface area contributed by atoms with E-state index in [0.29, 0.717) is 6.04 Å². The molecule has 2 rings (SSSR count). The molecule has 0 spiro atoms. The molecule has 1 aromatic heterocycles. The highest BCUT2D eigenvalue weighted by Crippen LogP contribution is 2.22. The zero-order chi connectivity index (χ0) is 9.97. The highest BCUT2D eigenvalue weighted by molar-refractivity contribution is 9.10. The molecule has 76 valence electrons. The predicted molar refractivity (Wildman–Crippen MR) is 59.4 cm³/mol. The van der Waals surface area contributed by atoms with Crippen molar-refractivity contribution < 1.29 is 0 Å². The lowest BCUT2D eigenvalue weighted by Crippen LogP contribution is -2.49. The van der Waals surface area contributed by atoms with Gasteiger partial charge in [0.1, 0.15) is 12.1 Å². The summed E-state index contributed by atoms with van der Waals surface area (Å²) in [5, 5.41) is 3.40. The fourth-order valence-corrected chi connectivity index (χ4v) is 2.13. The number of nitrogens with zero attached hydrogens (tertiary/aromatic N) is 3. The van der Waals surface area contributed by atoms with Gasteiger partial charge in [0.05, 0.1) is 4.47 Å². The highest BCUT2D eigenvalue weighted by atomic mass is 79.9. The van der Waals surface area contributed by atoms with Crippen LogP contribution in [0.5, 0.6) is 0 Å². The van der Waals surface area contributed by atoms with Gasteiger partial charge >= 0.3 is 0 Å². The van der Waals surface area contributed by atoms with Crippen molar-refractivity contribution in [3.8, 4) is 0 Å². The van der Waals surface area contributed by atoms with Gasteiger partial charge in [-0.25, -0.2) is 9.97 Å². The lowest BCUT2D eigenvalue weighted by atomic mass is 10.2. The maximum absolute atomic E-state index is 4.28. The number of halogens is 1. The molecule has 1 fully saturated rings. The zero-order valence-electron chi connectivity index (χ0n) is 8.07. The molecule has 1 N–H and O–H groups in total. The third kappa shape index (κ3) is 2.04.